The lowest BCUT2D eigenvalue weighted by Crippen LogP contribution is -2.67. The maximum atomic E-state index is 13.7. The van der Waals surface area contributed by atoms with Crippen molar-refractivity contribution < 1.29 is 4.74 Å². The van der Waals surface area contributed by atoms with Gasteiger partial charge in [-0.3, -0.25) is 0 Å². The Balaban J connectivity index is 1.35. The number of hydrogen-bond donors (Lipinski definition) is 0. The fourth-order valence-corrected chi connectivity index (χ4v) is 11.6. The van der Waals surface area contributed by atoms with Crippen LogP contribution in [-0.2, 0) is 4.74 Å². The predicted octanol–water partition coefficient (Wildman–Crippen LogP) is 9.05. The number of nitrogens with zero attached hydrogens (tertiary/aromatic N) is 1. The normalized spacial score (nSPS) is 48.6. The molecule has 4 aliphatic carbocycles. The zero-order valence-corrected chi connectivity index (χ0v) is 25.3. The van der Waals surface area contributed by atoms with Crippen molar-refractivity contribution in [3.8, 4) is 0 Å². The third kappa shape index (κ3) is 3.75. The average Bonchev–Trinajstić information content (AvgIpc) is 3.26. The molecule has 1 aliphatic heterocycles. The molecule has 3 heteroatoms. The Labute approximate surface area is 223 Å². The van der Waals surface area contributed by atoms with E-state index in [1.807, 2.05) is 0 Å². The highest BCUT2D eigenvalue weighted by Crippen LogP contribution is 2.72. The van der Waals surface area contributed by atoms with E-state index in [0.29, 0.717) is 23.4 Å². The number of fused-ring (bicyclic) bond motifs is 5. The van der Waals surface area contributed by atoms with Gasteiger partial charge in [-0.25, -0.2) is 0 Å². The quantitative estimate of drug-likeness (QED) is 0.378. The molecular formula is C33H58NO2-. The Morgan fingerprint density at radius 3 is 2.14 bits per heavy atom. The third-order valence-electron chi connectivity index (χ3n) is 13.5. The molecule has 0 bridgehead atoms. The van der Waals surface area contributed by atoms with Crippen LogP contribution in [0.5, 0.6) is 0 Å². The van der Waals surface area contributed by atoms with Crippen molar-refractivity contribution in [1.29, 1.82) is 0 Å². The maximum Gasteiger partial charge on any atom is 0.116 e. The third-order valence-corrected chi connectivity index (χ3v) is 13.5. The van der Waals surface area contributed by atoms with E-state index >= 15 is 0 Å². The van der Waals surface area contributed by atoms with Crippen molar-refractivity contribution in [2.75, 3.05) is 6.61 Å². The number of ether oxygens (including phenoxy) is 1. The molecule has 0 aromatic heterocycles. The molecule has 3 nitrogen and oxygen atoms in total. The van der Waals surface area contributed by atoms with Crippen molar-refractivity contribution in [3.63, 3.8) is 0 Å². The van der Waals surface area contributed by atoms with Crippen LogP contribution >= 0.6 is 0 Å². The molecule has 1 unspecified atom stereocenters. The summed E-state index contributed by atoms with van der Waals surface area (Å²) in [5.41, 5.74) is -0.279. The lowest BCUT2D eigenvalue weighted by Gasteiger charge is -2.69. The number of hydrogen-bond acceptors (Lipinski definition) is 3. The molecule has 0 radical (unpaired) electrons. The first-order valence-electron chi connectivity index (χ1n) is 15.8. The second-order valence-corrected chi connectivity index (χ2v) is 16.4. The van der Waals surface area contributed by atoms with Gasteiger partial charge in [0.25, 0.3) is 0 Å². The van der Waals surface area contributed by atoms with Crippen LogP contribution in [-0.4, -0.2) is 22.9 Å². The minimum absolute atomic E-state index is 0.121. The minimum atomic E-state index is -0.638. The van der Waals surface area contributed by atoms with Crippen molar-refractivity contribution in [2.24, 2.45) is 57.7 Å². The summed E-state index contributed by atoms with van der Waals surface area (Å²) in [6.45, 7) is 22.2. The first kappa shape index (κ1) is 27.4. The summed E-state index contributed by atoms with van der Waals surface area (Å²) in [6, 6.07) is 0. The molecule has 0 aromatic rings. The van der Waals surface area contributed by atoms with E-state index in [4.69, 9.17) is 4.74 Å². The Bertz CT molecular complexity index is 821. The summed E-state index contributed by atoms with van der Waals surface area (Å²) in [6.07, 6.45) is 14.7. The van der Waals surface area contributed by atoms with Gasteiger partial charge in [0.2, 0.25) is 0 Å². The highest BCUT2D eigenvalue weighted by atomic mass is 16.6. The molecule has 0 amide bonds. The lowest BCUT2D eigenvalue weighted by atomic mass is 9.40. The molecule has 9 atom stereocenters. The Morgan fingerprint density at radius 1 is 0.806 bits per heavy atom. The second kappa shape index (κ2) is 8.95. The molecule has 4 saturated carbocycles. The van der Waals surface area contributed by atoms with E-state index < -0.39 is 11.3 Å². The summed E-state index contributed by atoms with van der Waals surface area (Å²) in [4.78, 5) is 0. The highest BCUT2D eigenvalue weighted by molar-refractivity contribution is 5.17. The fourth-order valence-electron chi connectivity index (χ4n) is 11.6. The Hall–Kier alpha value is -0.120. The monoisotopic (exact) mass is 500 g/mol. The second-order valence-electron chi connectivity index (χ2n) is 16.4. The largest absolute Gasteiger partial charge is 0.783 e. The van der Waals surface area contributed by atoms with Gasteiger partial charge < -0.3 is 15.0 Å². The van der Waals surface area contributed by atoms with E-state index in [2.05, 4.69) is 62.3 Å². The molecule has 1 saturated heterocycles. The first-order valence-corrected chi connectivity index (χ1v) is 15.8. The van der Waals surface area contributed by atoms with Crippen molar-refractivity contribution in [1.82, 2.24) is 5.06 Å². The smallest absolute Gasteiger partial charge is 0.116 e. The molecule has 0 aromatic carbocycles. The summed E-state index contributed by atoms with van der Waals surface area (Å²) >= 11 is 0. The Kier molecular flexibility index (Phi) is 6.82. The van der Waals surface area contributed by atoms with E-state index in [-0.39, 0.29) is 5.41 Å². The Morgan fingerprint density at radius 2 is 1.50 bits per heavy atom. The lowest BCUT2D eigenvalue weighted by molar-refractivity contribution is -0.256. The standard InChI is InChI=1S/C33H58NO2/c1-22(2)11-10-12-23(3)25-14-15-26-24-13-16-28-30(6,7)33(34(35)29(4,5)21-36-33)20-19-32(28,9)27(24)17-18-31(25,26)8/h22-28H,10-21H2,1-9H3/q-1/t23-,24+,25-,26+,27+,28+,31-,32-,33?/m1/s1. The van der Waals surface area contributed by atoms with Crippen LogP contribution in [0.1, 0.15) is 133 Å². The SMILES string of the molecule is CC(C)CCC[C@@H](C)[C@H]1CC[C@H]2[C@@H]3CC[C@H]4C(C)(C)C5(CC[C@]4(C)[C@H]3CC[C@]12C)OCC(C)(C)N5[O-]. The zero-order valence-electron chi connectivity index (χ0n) is 25.3. The number of hydroxylamine groups is 2. The van der Waals surface area contributed by atoms with Gasteiger partial charge in [-0.05, 0) is 117 Å². The molecular weight excluding hydrogens is 442 g/mol. The number of rotatable bonds is 5. The molecule has 5 rings (SSSR count). The zero-order chi connectivity index (χ0) is 26.3. The summed E-state index contributed by atoms with van der Waals surface area (Å²) < 4.78 is 6.54. The molecule has 0 N–H and O–H groups in total. The van der Waals surface area contributed by atoms with E-state index in [0.717, 1.165) is 48.3 Å². The van der Waals surface area contributed by atoms with E-state index in [9.17, 15) is 5.21 Å². The van der Waals surface area contributed by atoms with Gasteiger partial charge in [0.15, 0.2) is 0 Å². The van der Waals surface area contributed by atoms with Gasteiger partial charge in [-0.1, -0.05) is 67.7 Å². The van der Waals surface area contributed by atoms with Gasteiger partial charge in [-0.2, -0.15) is 0 Å². The van der Waals surface area contributed by atoms with Crippen LogP contribution in [0.2, 0.25) is 0 Å². The molecule has 5 aliphatic rings. The van der Waals surface area contributed by atoms with Crippen LogP contribution < -0.4 is 0 Å². The summed E-state index contributed by atoms with van der Waals surface area (Å²) in [5, 5.41) is 15.1. The van der Waals surface area contributed by atoms with Gasteiger partial charge >= 0.3 is 0 Å². The van der Waals surface area contributed by atoms with Crippen molar-refractivity contribution in [3.05, 3.63) is 5.21 Å². The molecule has 208 valence electrons. The summed E-state index contributed by atoms with van der Waals surface area (Å²) in [5.74, 6) is 5.85. The van der Waals surface area contributed by atoms with Crippen LogP contribution in [0.25, 0.3) is 0 Å². The van der Waals surface area contributed by atoms with Crippen LogP contribution in [0.3, 0.4) is 0 Å². The highest BCUT2D eigenvalue weighted by Gasteiger charge is 2.68. The first-order chi connectivity index (χ1) is 16.7. The molecule has 1 heterocycles. The average molecular weight is 501 g/mol. The molecule has 1 spiro atoms. The maximum absolute atomic E-state index is 13.7. The topological polar surface area (TPSA) is 35.5 Å². The van der Waals surface area contributed by atoms with Crippen molar-refractivity contribution >= 4 is 0 Å². The van der Waals surface area contributed by atoms with Crippen molar-refractivity contribution in [2.45, 2.75) is 144 Å². The van der Waals surface area contributed by atoms with Gasteiger partial charge in [0, 0.05) is 11.0 Å². The fraction of sp³-hybridized carbons (Fsp3) is 1.00. The minimum Gasteiger partial charge on any atom is -0.783 e. The van der Waals surface area contributed by atoms with Gasteiger partial charge in [0.1, 0.15) is 5.72 Å². The van der Waals surface area contributed by atoms with Gasteiger partial charge in [0.05, 0.1) is 6.61 Å². The predicted molar refractivity (Wildman–Crippen MR) is 150 cm³/mol. The molecule has 36 heavy (non-hydrogen) atoms. The van der Waals surface area contributed by atoms with E-state index in [1.54, 1.807) is 0 Å². The van der Waals surface area contributed by atoms with Crippen LogP contribution in [0.4, 0.5) is 0 Å². The van der Waals surface area contributed by atoms with E-state index in [1.165, 1.54) is 62.9 Å². The molecule has 5 fully saturated rings. The van der Waals surface area contributed by atoms with Crippen LogP contribution in [0, 0.1) is 62.9 Å². The summed E-state index contributed by atoms with van der Waals surface area (Å²) in [7, 11) is 0. The van der Waals surface area contributed by atoms with Gasteiger partial charge in [-0.15, -0.1) is 0 Å². The van der Waals surface area contributed by atoms with Crippen LogP contribution in [0.15, 0.2) is 0 Å².